The minimum Gasteiger partial charge on any atom is -0.550 e. The van der Waals surface area contributed by atoms with Crippen LogP contribution in [0.2, 0.25) is 0 Å². The molecule has 0 heterocycles. The average Bonchev–Trinajstić information content (AvgIpc) is 3.56. The van der Waals surface area contributed by atoms with Crippen LogP contribution < -0.4 is 25.5 Å². The second-order valence-electron chi connectivity index (χ2n) is 26.0. The minimum absolute atomic E-state index is 0. The molecule has 0 aromatic rings. The molecule has 0 amide bonds. The zero-order valence-electron chi connectivity index (χ0n) is 65.2. The standard InChI is InChI=1S/8C10H20O2.B.Zn/c8*1-2-3-4-5-6-7-8-9-10(11)12;;/h8*2-9H2,1H3,(H,11,12);;/q;;;;;;;;+3;+2/p-5. The van der Waals surface area contributed by atoms with Crippen LogP contribution in [0.1, 0.15) is 466 Å². The van der Waals surface area contributed by atoms with Gasteiger partial charge in [0.15, 0.2) is 0 Å². The summed E-state index contributed by atoms with van der Waals surface area (Å²) < 4.78 is 0. The number of carbonyl (C=O) groups excluding carboxylic acids is 5. The van der Waals surface area contributed by atoms with Gasteiger partial charge in [0.25, 0.3) is 0 Å². The van der Waals surface area contributed by atoms with E-state index >= 15 is 0 Å². The summed E-state index contributed by atoms with van der Waals surface area (Å²) in [6.45, 7) is 17.5. The molecule has 18 heteroatoms. The Morgan fingerprint density at radius 1 is 0.173 bits per heavy atom. The van der Waals surface area contributed by atoms with Crippen molar-refractivity contribution in [2.45, 2.75) is 466 Å². The molecule has 0 aliphatic rings. The summed E-state index contributed by atoms with van der Waals surface area (Å²) in [7, 11) is 0. The van der Waals surface area contributed by atoms with Gasteiger partial charge in [-0.1, -0.05) is 364 Å². The number of hydrogen-bond donors (Lipinski definition) is 3. The molecule has 0 bridgehead atoms. The van der Waals surface area contributed by atoms with E-state index in [1.165, 1.54) is 257 Å². The predicted molar refractivity (Wildman–Crippen MR) is 395 cm³/mol. The van der Waals surface area contributed by atoms with Crippen molar-refractivity contribution in [1.82, 2.24) is 0 Å². The molecule has 16 nitrogen and oxygen atoms in total. The molecule has 0 aromatic carbocycles. The van der Waals surface area contributed by atoms with Crippen LogP contribution in [-0.4, -0.2) is 71.5 Å². The van der Waals surface area contributed by atoms with Crippen molar-refractivity contribution in [3.05, 3.63) is 0 Å². The molecule has 0 saturated heterocycles. The Morgan fingerprint density at radius 3 is 0.337 bits per heavy atom. The first-order chi connectivity index (χ1) is 46.2. The van der Waals surface area contributed by atoms with Crippen LogP contribution in [0, 0.1) is 0 Å². The molecule has 0 rings (SSSR count). The second kappa shape index (κ2) is 112. The Kier molecular flexibility index (Phi) is 132. The molecule has 0 saturated carbocycles. The Labute approximate surface area is 617 Å². The van der Waals surface area contributed by atoms with Gasteiger partial charge in [0.05, 0.1) is 0 Å². The fourth-order valence-corrected chi connectivity index (χ4v) is 9.83. The summed E-state index contributed by atoms with van der Waals surface area (Å²) >= 11 is 0. The molecule has 576 valence electrons. The summed E-state index contributed by atoms with van der Waals surface area (Å²) in [6.07, 6.45) is 67.6. The van der Waals surface area contributed by atoms with Crippen LogP contribution in [0.25, 0.3) is 0 Å². The maximum atomic E-state index is 10.1. The Hall–Kier alpha value is -3.55. The predicted octanol–water partition coefficient (Wildman–Crippen LogP) is 18.6. The second-order valence-corrected chi connectivity index (χ2v) is 26.0. The van der Waals surface area contributed by atoms with Gasteiger partial charge in [0, 0.05) is 49.1 Å². The molecule has 0 aliphatic carbocycles. The quantitative estimate of drug-likeness (QED) is 0.0376. The van der Waals surface area contributed by atoms with Crippen LogP contribution in [0.15, 0.2) is 0 Å². The number of carboxylic acids is 8. The first-order valence-electron chi connectivity index (χ1n) is 39.8. The van der Waals surface area contributed by atoms with Crippen LogP contribution >= 0.6 is 0 Å². The number of hydrogen-bond acceptors (Lipinski definition) is 13. The third-order valence-electron chi connectivity index (χ3n) is 15.9. The van der Waals surface area contributed by atoms with Crippen molar-refractivity contribution in [2.24, 2.45) is 0 Å². The summed E-state index contributed by atoms with van der Waals surface area (Å²) in [4.78, 5) is 80.5. The molecular formula is C80H155BO16Zn. The number of carboxylic acid groups (broad SMARTS) is 8. The van der Waals surface area contributed by atoms with Crippen molar-refractivity contribution >= 4 is 56.2 Å². The summed E-state index contributed by atoms with van der Waals surface area (Å²) in [5, 5.41) is 75.2. The van der Waals surface area contributed by atoms with E-state index in [1.54, 1.807) is 0 Å². The largest absolute Gasteiger partial charge is 3.00 e. The fourth-order valence-electron chi connectivity index (χ4n) is 9.83. The Bertz CT molecular complexity index is 1240. The SMILES string of the molecule is CCCCCCCCCC(=O)O.CCCCCCCCCC(=O)O.CCCCCCCCCC(=O)O.CCCCCCCCCC(=O)[O-].CCCCCCCCCC(=O)[O-].CCCCCCCCCC(=O)[O-].CCCCCCCCCC(=O)[O-].CCCCCCCCCC(=O)[O-].[B+3].[Zn+2]. The van der Waals surface area contributed by atoms with Crippen molar-refractivity contribution < 1.29 is 98.7 Å². The van der Waals surface area contributed by atoms with Crippen LogP contribution in [0.5, 0.6) is 0 Å². The van der Waals surface area contributed by atoms with E-state index in [1.807, 2.05) is 0 Å². The molecule has 0 unspecified atom stereocenters. The first kappa shape index (κ1) is 116. The van der Waals surface area contributed by atoms with Gasteiger partial charge in [-0.05, 0) is 83.5 Å². The molecule has 98 heavy (non-hydrogen) atoms. The van der Waals surface area contributed by atoms with Gasteiger partial charge >= 0.3 is 45.8 Å². The molecular weight excluding hydrogens is 1290 g/mol. The third kappa shape index (κ3) is 165. The molecule has 3 N–H and O–H groups in total. The summed E-state index contributed by atoms with van der Waals surface area (Å²) in [6, 6.07) is 0. The van der Waals surface area contributed by atoms with E-state index in [0.717, 1.165) is 103 Å². The molecule has 0 spiro atoms. The van der Waals surface area contributed by atoms with E-state index in [0.29, 0.717) is 19.3 Å². The minimum atomic E-state index is -0.913. The van der Waals surface area contributed by atoms with Crippen molar-refractivity contribution in [3.8, 4) is 0 Å². The van der Waals surface area contributed by atoms with E-state index < -0.39 is 47.8 Å². The van der Waals surface area contributed by atoms with Crippen LogP contribution in [0.3, 0.4) is 0 Å². The van der Waals surface area contributed by atoms with Gasteiger partial charge in [-0.2, -0.15) is 0 Å². The Morgan fingerprint density at radius 2 is 0.255 bits per heavy atom. The maximum absolute atomic E-state index is 10.1. The van der Waals surface area contributed by atoms with Gasteiger partial charge < -0.3 is 64.8 Å². The van der Waals surface area contributed by atoms with Crippen LogP contribution in [-0.2, 0) is 57.8 Å². The molecule has 0 atom stereocenters. The zero-order valence-corrected chi connectivity index (χ0v) is 68.2. The van der Waals surface area contributed by atoms with Crippen molar-refractivity contribution in [1.29, 1.82) is 0 Å². The van der Waals surface area contributed by atoms with E-state index in [4.69, 9.17) is 15.3 Å². The van der Waals surface area contributed by atoms with Gasteiger partial charge in [0.2, 0.25) is 0 Å². The van der Waals surface area contributed by atoms with E-state index in [-0.39, 0.29) is 60.0 Å². The number of unbranched alkanes of at least 4 members (excludes halogenated alkanes) is 48. The molecule has 0 radical (unpaired) electrons. The normalized spacial score (nSPS) is 9.88. The van der Waals surface area contributed by atoms with Gasteiger partial charge in [-0.3, -0.25) is 14.4 Å². The van der Waals surface area contributed by atoms with Gasteiger partial charge in [-0.25, -0.2) is 0 Å². The molecule has 0 aliphatic heterocycles. The monoisotopic (exact) mass is 1450 g/mol. The van der Waals surface area contributed by atoms with E-state index in [9.17, 15) is 63.9 Å². The average molecular weight is 1450 g/mol. The maximum Gasteiger partial charge on any atom is 3.00 e. The summed E-state index contributed by atoms with van der Waals surface area (Å²) in [5.41, 5.74) is 0. The topological polar surface area (TPSA) is 313 Å². The number of carbonyl (C=O) groups is 8. The smallest absolute Gasteiger partial charge is 0.550 e. The van der Waals surface area contributed by atoms with Crippen molar-refractivity contribution in [2.75, 3.05) is 0 Å². The Balaban J connectivity index is -0.000000113. The van der Waals surface area contributed by atoms with Gasteiger partial charge in [0.1, 0.15) is 0 Å². The third-order valence-corrected chi connectivity index (χ3v) is 15.9. The molecule has 0 aromatic heterocycles. The summed E-state index contributed by atoms with van der Waals surface area (Å²) in [5.74, 6) is -6.56. The van der Waals surface area contributed by atoms with Crippen LogP contribution in [0.4, 0.5) is 0 Å². The molecule has 0 fully saturated rings. The zero-order chi connectivity index (χ0) is 73.9. The van der Waals surface area contributed by atoms with Crippen molar-refractivity contribution in [3.63, 3.8) is 0 Å². The first-order valence-corrected chi connectivity index (χ1v) is 39.8. The van der Waals surface area contributed by atoms with Gasteiger partial charge in [-0.15, -0.1) is 0 Å². The fraction of sp³-hybridized carbons (Fsp3) is 0.900. The number of aliphatic carboxylic acids is 8. The number of rotatable bonds is 64. The van der Waals surface area contributed by atoms with E-state index in [2.05, 4.69) is 55.4 Å².